The van der Waals surface area contributed by atoms with Gasteiger partial charge in [-0.05, 0) is 30.2 Å². The molecular weight excluding hydrogens is 347 g/mol. The van der Waals surface area contributed by atoms with E-state index in [1.54, 1.807) is 0 Å². The lowest BCUT2D eigenvalue weighted by Crippen LogP contribution is -2.01. The Morgan fingerprint density at radius 1 is 1.15 bits per heavy atom. The number of nitrogens with zero attached hydrogens (tertiary/aromatic N) is 3. The minimum atomic E-state index is -1.10. The van der Waals surface area contributed by atoms with E-state index in [4.69, 9.17) is 0 Å². The lowest BCUT2D eigenvalue weighted by atomic mass is 10.0. The van der Waals surface area contributed by atoms with Crippen LogP contribution in [0.25, 0.3) is 33.7 Å². The van der Waals surface area contributed by atoms with Crippen LogP contribution in [0, 0.1) is 5.82 Å². The van der Waals surface area contributed by atoms with Gasteiger partial charge in [0.2, 0.25) is 0 Å². The second kappa shape index (κ2) is 6.60. The highest BCUT2D eigenvalue weighted by molar-refractivity contribution is 6.08. The predicted octanol–water partition coefficient (Wildman–Crippen LogP) is 4.09. The molecule has 3 aromatic heterocycles. The molecule has 0 fully saturated rings. The number of aromatic nitrogens is 4. The Bertz CT molecular complexity index is 1140. The first-order valence-electron chi connectivity index (χ1n) is 8.40. The Morgan fingerprint density at radius 2 is 1.93 bits per heavy atom. The molecule has 0 amide bonds. The average Bonchev–Trinajstić information content (AvgIpc) is 3.11. The number of aromatic carboxylic acids is 1. The smallest absolute Gasteiger partial charge is 0.336 e. The van der Waals surface area contributed by atoms with Crippen LogP contribution in [0.3, 0.4) is 0 Å². The number of aromatic amines is 1. The number of fused-ring (bicyclic) bond motifs is 1. The summed E-state index contributed by atoms with van der Waals surface area (Å²) < 4.78 is 13.1. The number of hydrogen-bond donors (Lipinski definition) is 2. The normalized spacial score (nSPS) is 11.0. The molecule has 4 aromatic rings. The lowest BCUT2D eigenvalue weighted by Gasteiger charge is -2.06. The van der Waals surface area contributed by atoms with Gasteiger partial charge in [0.1, 0.15) is 5.82 Å². The van der Waals surface area contributed by atoms with Crippen molar-refractivity contribution < 1.29 is 14.3 Å². The first kappa shape index (κ1) is 16.8. The van der Waals surface area contributed by atoms with Gasteiger partial charge < -0.3 is 5.11 Å². The topological polar surface area (TPSA) is 91.8 Å². The molecule has 0 spiro atoms. The fourth-order valence-corrected chi connectivity index (χ4v) is 2.97. The molecule has 0 aliphatic heterocycles. The van der Waals surface area contributed by atoms with E-state index in [0.717, 1.165) is 18.2 Å². The summed E-state index contributed by atoms with van der Waals surface area (Å²) in [6, 6.07) is 12.0. The third kappa shape index (κ3) is 3.03. The first-order chi connectivity index (χ1) is 13.1. The molecule has 0 saturated heterocycles. The summed E-state index contributed by atoms with van der Waals surface area (Å²) in [6.45, 7) is 2.07. The zero-order chi connectivity index (χ0) is 19.0. The molecule has 0 bridgehead atoms. The highest BCUT2D eigenvalue weighted by atomic mass is 19.1. The van der Waals surface area contributed by atoms with Crippen molar-refractivity contribution in [2.75, 3.05) is 0 Å². The number of carbonyl (C=O) groups is 1. The van der Waals surface area contributed by atoms with Crippen molar-refractivity contribution in [2.24, 2.45) is 0 Å². The number of aryl methyl sites for hydroxylation is 1. The molecule has 3 heterocycles. The summed E-state index contributed by atoms with van der Waals surface area (Å²) in [5.41, 5.74) is 3.62. The van der Waals surface area contributed by atoms with Gasteiger partial charge in [0, 0.05) is 5.56 Å². The van der Waals surface area contributed by atoms with Gasteiger partial charge in [-0.1, -0.05) is 31.2 Å². The van der Waals surface area contributed by atoms with Crippen LogP contribution in [0.15, 0.2) is 48.7 Å². The fraction of sp³-hybridized carbons (Fsp3) is 0.100. The molecule has 0 aliphatic rings. The fourth-order valence-electron chi connectivity index (χ4n) is 2.97. The maximum atomic E-state index is 13.1. The summed E-state index contributed by atoms with van der Waals surface area (Å²) in [5, 5.41) is 17.2. The zero-order valence-corrected chi connectivity index (χ0v) is 14.4. The van der Waals surface area contributed by atoms with Gasteiger partial charge >= 0.3 is 5.97 Å². The number of pyridine rings is 2. The minimum Gasteiger partial charge on any atom is -0.478 e. The van der Waals surface area contributed by atoms with Crippen LogP contribution in [-0.2, 0) is 6.42 Å². The van der Waals surface area contributed by atoms with Crippen molar-refractivity contribution in [2.45, 2.75) is 13.3 Å². The van der Waals surface area contributed by atoms with Gasteiger partial charge in [0.25, 0.3) is 0 Å². The van der Waals surface area contributed by atoms with Crippen molar-refractivity contribution in [3.8, 4) is 22.6 Å². The molecule has 2 N–H and O–H groups in total. The lowest BCUT2D eigenvalue weighted by molar-refractivity contribution is 0.0699. The number of nitrogens with one attached hydrogen (secondary N) is 1. The van der Waals surface area contributed by atoms with E-state index in [2.05, 4.69) is 27.1 Å². The van der Waals surface area contributed by atoms with Crippen LogP contribution in [0.5, 0.6) is 0 Å². The number of carboxylic acids is 1. The maximum absolute atomic E-state index is 13.1. The second-order valence-electron chi connectivity index (χ2n) is 6.07. The molecule has 134 valence electrons. The van der Waals surface area contributed by atoms with E-state index in [1.165, 1.54) is 23.8 Å². The Morgan fingerprint density at radius 3 is 2.56 bits per heavy atom. The van der Waals surface area contributed by atoms with Crippen molar-refractivity contribution in [3.05, 3.63) is 65.6 Å². The zero-order valence-electron chi connectivity index (χ0n) is 14.4. The molecule has 1 aromatic carbocycles. The van der Waals surface area contributed by atoms with Crippen LogP contribution in [-0.4, -0.2) is 31.2 Å². The Balaban J connectivity index is 1.91. The van der Waals surface area contributed by atoms with Crippen LogP contribution in [0.4, 0.5) is 4.39 Å². The van der Waals surface area contributed by atoms with Gasteiger partial charge in [-0.15, -0.1) is 0 Å². The molecule has 4 rings (SSSR count). The van der Waals surface area contributed by atoms with Gasteiger partial charge in [0.05, 0.1) is 34.2 Å². The quantitative estimate of drug-likeness (QED) is 0.570. The molecule has 6 nitrogen and oxygen atoms in total. The number of hydrogen-bond acceptors (Lipinski definition) is 4. The molecule has 0 radical (unpaired) electrons. The standard InChI is InChI=1S/C20H15FN4O2/c1-2-11-3-5-12(6-4-11)18-17-14(20(26)27)9-16(23-19(17)25-24-18)15-8-7-13(21)10-22-15/h3-10H,2H2,1H3,(H,26,27)(H,23,24,25). The highest BCUT2D eigenvalue weighted by Gasteiger charge is 2.20. The number of carboxylic acid groups (broad SMARTS) is 1. The Kier molecular flexibility index (Phi) is 4.12. The molecule has 0 unspecified atom stereocenters. The molecular formula is C20H15FN4O2. The van der Waals surface area contributed by atoms with Gasteiger partial charge in [-0.25, -0.2) is 14.2 Å². The summed E-state index contributed by atoms with van der Waals surface area (Å²) in [4.78, 5) is 20.3. The van der Waals surface area contributed by atoms with E-state index in [-0.39, 0.29) is 11.2 Å². The molecule has 27 heavy (non-hydrogen) atoms. The van der Waals surface area contributed by atoms with E-state index < -0.39 is 11.8 Å². The summed E-state index contributed by atoms with van der Waals surface area (Å²) in [6.07, 6.45) is 1.98. The van der Waals surface area contributed by atoms with Crippen molar-refractivity contribution in [1.29, 1.82) is 0 Å². The molecule has 0 aliphatic carbocycles. The molecule has 7 heteroatoms. The highest BCUT2D eigenvalue weighted by Crippen LogP contribution is 2.31. The Labute approximate surface area is 153 Å². The Hall–Kier alpha value is -3.61. The monoisotopic (exact) mass is 362 g/mol. The summed E-state index contributed by atoms with van der Waals surface area (Å²) in [7, 11) is 0. The van der Waals surface area contributed by atoms with E-state index >= 15 is 0 Å². The summed E-state index contributed by atoms with van der Waals surface area (Å²) >= 11 is 0. The number of rotatable bonds is 4. The predicted molar refractivity (Wildman–Crippen MR) is 98.9 cm³/mol. The van der Waals surface area contributed by atoms with E-state index in [1.807, 2.05) is 24.3 Å². The van der Waals surface area contributed by atoms with E-state index in [9.17, 15) is 14.3 Å². The third-order valence-corrected chi connectivity index (χ3v) is 4.40. The largest absolute Gasteiger partial charge is 0.478 e. The second-order valence-corrected chi connectivity index (χ2v) is 6.07. The van der Waals surface area contributed by atoms with Crippen molar-refractivity contribution >= 4 is 17.0 Å². The van der Waals surface area contributed by atoms with Gasteiger partial charge in [-0.2, -0.15) is 5.10 Å². The number of halogens is 1. The van der Waals surface area contributed by atoms with Crippen LogP contribution >= 0.6 is 0 Å². The number of H-pyrrole nitrogens is 1. The van der Waals surface area contributed by atoms with Gasteiger partial charge in [-0.3, -0.25) is 10.1 Å². The molecule has 0 saturated carbocycles. The third-order valence-electron chi connectivity index (χ3n) is 4.40. The van der Waals surface area contributed by atoms with Crippen LogP contribution in [0.1, 0.15) is 22.8 Å². The first-order valence-corrected chi connectivity index (χ1v) is 8.40. The van der Waals surface area contributed by atoms with Gasteiger partial charge in [0.15, 0.2) is 5.65 Å². The minimum absolute atomic E-state index is 0.0597. The van der Waals surface area contributed by atoms with Crippen molar-refractivity contribution in [3.63, 3.8) is 0 Å². The summed E-state index contributed by atoms with van der Waals surface area (Å²) in [5.74, 6) is -1.57. The van der Waals surface area contributed by atoms with Crippen LogP contribution < -0.4 is 0 Å². The van der Waals surface area contributed by atoms with Crippen molar-refractivity contribution in [1.82, 2.24) is 20.2 Å². The maximum Gasteiger partial charge on any atom is 0.336 e. The van der Waals surface area contributed by atoms with E-state index in [0.29, 0.717) is 22.5 Å². The average molecular weight is 362 g/mol. The molecule has 0 atom stereocenters. The number of benzene rings is 1. The van der Waals surface area contributed by atoms with Crippen LogP contribution in [0.2, 0.25) is 0 Å². The SMILES string of the molecule is CCc1ccc(-c2[nH]nc3nc(-c4ccc(F)cn4)cc(C(=O)O)c23)cc1.